The summed E-state index contributed by atoms with van der Waals surface area (Å²) in [7, 11) is 3.14. The Balaban J connectivity index is 0.000000713. The highest BCUT2D eigenvalue weighted by Crippen LogP contribution is 2.32. The van der Waals surface area contributed by atoms with E-state index in [0.717, 1.165) is 33.3 Å². The number of nitrogens with one attached hydrogen (secondary N) is 3. The lowest BCUT2D eigenvalue weighted by atomic mass is 9.92. The first kappa shape index (κ1) is 44.3. The number of rotatable bonds is 18. The van der Waals surface area contributed by atoms with Crippen molar-refractivity contribution < 1.29 is 38.1 Å². The van der Waals surface area contributed by atoms with Gasteiger partial charge in [-0.2, -0.15) is 5.10 Å². The maximum Gasteiger partial charge on any atom is 0.324 e. The fraction of sp³-hybridized carbons (Fsp3) is 0.357. The van der Waals surface area contributed by atoms with Crippen LogP contribution in [0.4, 0.5) is 22.1 Å². The number of ether oxygens (including phenoxy) is 5. The van der Waals surface area contributed by atoms with E-state index in [4.69, 9.17) is 35.6 Å². The zero-order valence-corrected chi connectivity index (χ0v) is 34.0. The predicted octanol–water partition coefficient (Wildman–Crippen LogP) is 7.31. The van der Waals surface area contributed by atoms with Crippen molar-refractivity contribution in [1.82, 2.24) is 14.8 Å². The molecule has 304 valence electrons. The third-order valence-electron chi connectivity index (χ3n) is 8.18. The summed E-state index contributed by atoms with van der Waals surface area (Å²) in [4.78, 5) is 39.7. The van der Waals surface area contributed by atoms with E-state index in [1.54, 1.807) is 25.1 Å². The van der Waals surface area contributed by atoms with Crippen LogP contribution in [0.1, 0.15) is 37.6 Å². The zero-order chi connectivity index (χ0) is 41.2. The van der Waals surface area contributed by atoms with Gasteiger partial charge in [-0.3, -0.25) is 14.9 Å². The minimum atomic E-state index is -0.480. The molecule has 57 heavy (non-hydrogen) atoms. The predicted molar refractivity (Wildman–Crippen MR) is 222 cm³/mol. The second-order valence-corrected chi connectivity index (χ2v) is 14.2. The lowest BCUT2D eigenvalue weighted by Crippen LogP contribution is -2.21. The number of pyridine rings is 1. The second-order valence-electron chi connectivity index (χ2n) is 13.8. The number of urea groups is 1. The fourth-order valence-corrected chi connectivity index (χ4v) is 5.33. The molecule has 2 heterocycles. The number of methoxy groups -OCH3 is 2. The maximum absolute atomic E-state index is 13.4. The highest BCUT2D eigenvalue weighted by Gasteiger charge is 2.22. The number of hydrogen-bond acceptors (Lipinski definition) is 10. The van der Waals surface area contributed by atoms with Crippen LogP contribution in [-0.2, 0) is 40.4 Å². The Morgan fingerprint density at radius 3 is 2.12 bits per heavy atom. The number of amides is 3. The molecule has 3 N–H and O–H groups in total. The SMILES string of the molecule is COCCOCC(=O)Cl.COCCOCC(=O)Nc1cc(CCOc2ccc(NC(=O)Nc3cc(C(C)(C)C)nn3-c3ccc(C)cc3)c3ccccc23)ccn1. The van der Waals surface area contributed by atoms with Crippen LogP contribution in [0.3, 0.4) is 0 Å². The number of fused-ring (bicyclic) bond motifs is 1. The Morgan fingerprint density at radius 1 is 0.772 bits per heavy atom. The van der Waals surface area contributed by atoms with Gasteiger partial charge in [0.2, 0.25) is 5.24 Å². The van der Waals surface area contributed by atoms with E-state index in [2.05, 4.69) is 46.4 Å². The second kappa shape index (κ2) is 22.4. The first-order chi connectivity index (χ1) is 27.4. The molecule has 5 rings (SSSR count). The van der Waals surface area contributed by atoms with Crippen LogP contribution >= 0.6 is 11.6 Å². The molecule has 0 saturated carbocycles. The molecule has 5 aromatic rings. The smallest absolute Gasteiger partial charge is 0.324 e. The van der Waals surface area contributed by atoms with Crippen molar-refractivity contribution in [3.8, 4) is 11.4 Å². The van der Waals surface area contributed by atoms with Gasteiger partial charge in [-0.15, -0.1) is 0 Å². The zero-order valence-electron chi connectivity index (χ0n) is 33.2. The van der Waals surface area contributed by atoms with Crippen molar-refractivity contribution in [2.45, 2.75) is 39.5 Å². The van der Waals surface area contributed by atoms with Gasteiger partial charge < -0.3 is 34.3 Å². The van der Waals surface area contributed by atoms with E-state index in [0.29, 0.717) is 62.5 Å². The van der Waals surface area contributed by atoms with E-state index in [9.17, 15) is 14.4 Å². The summed E-state index contributed by atoms with van der Waals surface area (Å²) in [5, 5.41) is 14.8. The van der Waals surface area contributed by atoms with Crippen molar-refractivity contribution >= 4 is 56.9 Å². The number of halogens is 1. The summed E-state index contributed by atoms with van der Waals surface area (Å²) >= 11 is 4.95. The lowest BCUT2D eigenvalue weighted by molar-refractivity contribution is -0.121. The van der Waals surface area contributed by atoms with Crippen LogP contribution in [-0.4, -0.2) is 92.4 Å². The van der Waals surface area contributed by atoms with Gasteiger partial charge in [0, 0.05) is 49.1 Å². The van der Waals surface area contributed by atoms with Crippen LogP contribution in [0.5, 0.6) is 5.75 Å². The molecular formula is C42H51ClN6O8. The van der Waals surface area contributed by atoms with Gasteiger partial charge in [0.05, 0.1) is 50.1 Å². The monoisotopic (exact) mass is 802 g/mol. The topological polar surface area (TPSA) is 164 Å². The van der Waals surface area contributed by atoms with Crippen LogP contribution in [0, 0.1) is 6.92 Å². The summed E-state index contributed by atoms with van der Waals surface area (Å²) in [6, 6.07) is 24.7. The molecule has 3 amide bonds. The molecule has 0 radical (unpaired) electrons. The van der Waals surface area contributed by atoms with Crippen molar-refractivity contribution in [1.29, 1.82) is 0 Å². The van der Waals surface area contributed by atoms with Crippen molar-refractivity contribution in [3.05, 3.63) is 102 Å². The number of hydrogen-bond donors (Lipinski definition) is 3. The average Bonchev–Trinajstić information content (AvgIpc) is 3.61. The van der Waals surface area contributed by atoms with E-state index in [-0.39, 0.29) is 30.6 Å². The van der Waals surface area contributed by atoms with Crippen LogP contribution in [0.2, 0.25) is 0 Å². The van der Waals surface area contributed by atoms with Gasteiger partial charge in [-0.25, -0.2) is 14.5 Å². The van der Waals surface area contributed by atoms with Crippen LogP contribution in [0.15, 0.2) is 85.1 Å². The molecule has 0 fully saturated rings. The number of benzene rings is 3. The van der Waals surface area contributed by atoms with Gasteiger partial charge in [-0.1, -0.05) is 62.7 Å². The van der Waals surface area contributed by atoms with E-state index < -0.39 is 5.24 Å². The normalized spacial score (nSPS) is 11.1. The van der Waals surface area contributed by atoms with E-state index in [1.807, 2.05) is 85.8 Å². The standard InChI is InChI=1S/C37H42N6O5.C5H9ClO3/c1-25-10-12-27(13-11-25)43-34(23-32(42-43)37(2,3)4)41-36(45)39-30-14-15-31(29-9-7-6-8-28(29)30)48-19-17-26-16-18-38-33(22-26)40-35(44)24-47-21-20-46-5;1-8-2-3-9-4-5(6)7/h6-16,18,22-23H,17,19-21,24H2,1-5H3,(H,38,40,44)(H2,39,41,45);2-4H2,1H3. The Bertz CT molecular complexity index is 2070. The molecule has 2 aromatic heterocycles. The summed E-state index contributed by atoms with van der Waals surface area (Å²) in [6.45, 7) is 10.2. The third-order valence-corrected chi connectivity index (χ3v) is 8.29. The lowest BCUT2D eigenvalue weighted by Gasteiger charge is -2.15. The van der Waals surface area contributed by atoms with E-state index >= 15 is 0 Å². The number of anilines is 3. The molecule has 0 aliphatic carbocycles. The average molecular weight is 803 g/mol. The highest BCUT2D eigenvalue weighted by molar-refractivity contribution is 6.63. The Labute approximate surface area is 338 Å². The molecule has 0 bridgehead atoms. The van der Waals surface area contributed by atoms with Gasteiger partial charge in [0.15, 0.2) is 0 Å². The summed E-state index contributed by atoms with van der Waals surface area (Å²) in [5.74, 6) is 1.43. The molecule has 0 spiro atoms. The maximum atomic E-state index is 13.4. The van der Waals surface area contributed by atoms with Crippen LogP contribution < -0.4 is 20.7 Å². The molecule has 0 atom stereocenters. The molecule has 0 saturated heterocycles. The van der Waals surface area contributed by atoms with Gasteiger partial charge >= 0.3 is 6.03 Å². The molecule has 0 aliphatic rings. The minimum absolute atomic E-state index is 0.0368. The number of aromatic nitrogens is 3. The quantitative estimate of drug-likeness (QED) is 0.0605. The molecule has 0 unspecified atom stereocenters. The summed E-state index contributed by atoms with van der Waals surface area (Å²) < 4.78 is 27.5. The number of carbonyl (C=O) groups is 3. The molecule has 14 nitrogen and oxygen atoms in total. The Hall–Kier alpha value is -5.38. The first-order valence-electron chi connectivity index (χ1n) is 18.3. The minimum Gasteiger partial charge on any atom is -0.493 e. The number of carbonyl (C=O) groups excluding carboxylic acids is 3. The fourth-order valence-electron chi connectivity index (χ4n) is 5.25. The van der Waals surface area contributed by atoms with Crippen molar-refractivity contribution in [2.24, 2.45) is 0 Å². The molecule has 3 aromatic carbocycles. The number of nitrogens with zero attached hydrogens (tertiary/aromatic N) is 3. The highest BCUT2D eigenvalue weighted by atomic mass is 35.5. The summed E-state index contributed by atoms with van der Waals surface area (Å²) in [6.07, 6.45) is 2.24. The summed E-state index contributed by atoms with van der Waals surface area (Å²) in [5.41, 5.74) is 4.26. The van der Waals surface area contributed by atoms with Crippen molar-refractivity contribution in [3.63, 3.8) is 0 Å². The van der Waals surface area contributed by atoms with E-state index in [1.165, 1.54) is 0 Å². The molecular weight excluding hydrogens is 752 g/mol. The Morgan fingerprint density at radius 2 is 1.46 bits per heavy atom. The molecule has 15 heteroatoms. The first-order valence-corrected chi connectivity index (χ1v) is 18.7. The Kier molecular flexibility index (Phi) is 17.4. The number of aryl methyl sites for hydroxylation is 1. The third kappa shape index (κ3) is 14.6. The van der Waals surface area contributed by atoms with Crippen LogP contribution in [0.25, 0.3) is 16.5 Å². The van der Waals surface area contributed by atoms with Gasteiger partial charge in [-0.05, 0) is 60.5 Å². The van der Waals surface area contributed by atoms with Gasteiger partial charge in [0.1, 0.15) is 30.6 Å². The van der Waals surface area contributed by atoms with Crippen molar-refractivity contribution in [2.75, 3.05) is 76.4 Å². The van der Waals surface area contributed by atoms with Gasteiger partial charge in [0.25, 0.3) is 5.91 Å². The largest absolute Gasteiger partial charge is 0.493 e. The molecule has 0 aliphatic heterocycles.